The van der Waals surface area contributed by atoms with Crippen LogP contribution >= 0.6 is 28.3 Å². The number of hydrogen-bond donors (Lipinski definition) is 1. The van der Waals surface area contributed by atoms with Gasteiger partial charge in [-0.3, -0.25) is 4.79 Å². The summed E-state index contributed by atoms with van der Waals surface area (Å²) in [4.78, 5) is 14.6. The molecule has 128 valence electrons. The molecule has 23 heavy (non-hydrogen) atoms. The third-order valence-electron chi connectivity index (χ3n) is 4.96. The Bertz CT molecular complexity index is 539. The summed E-state index contributed by atoms with van der Waals surface area (Å²) >= 11 is 3.45. The molecule has 1 atom stereocenters. The van der Waals surface area contributed by atoms with Gasteiger partial charge < -0.3 is 15.0 Å². The lowest BCUT2D eigenvalue weighted by atomic mass is 9.78. The van der Waals surface area contributed by atoms with Gasteiger partial charge in [-0.15, -0.1) is 12.4 Å². The molecule has 2 fully saturated rings. The molecule has 2 saturated heterocycles. The second kappa shape index (κ2) is 7.86. The Morgan fingerprint density at radius 2 is 2.00 bits per heavy atom. The third-order valence-corrected chi connectivity index (χ3v) is 5.61. The molecule has 1 N–H and O–H groups in total. The van der Waals surface area contributed by atoms with Crippen LogP contribution in [0.4, 0.5) is 0 Å². The van der Waals surface area contributed by atoms with Crippen LogP contribution in [0.25, 0.3) is 0 Å². The number of halogens is 2. The van der Waals surface area contributed by atoms with Crippen molar-refractivity contribution in [1.82, 2.24) is 10.2 Å². The van der Waals surface area contributed by atoms with Gasteiger partial charge in [0.15, 0.2) is 6.10 Å². The molecular formula is C17H24BrClN2O2. The average molecular weight is 404 g/mol. The van der Waals surface area contributed by atoms with Crippen LogP contribution in [-0.4, -0.2) is 43.1 Å². The number of carbonyl (C=O) groups excluding carboxylic acids is 1. The van der Waals surface area contributed by atoms with Crippen molar-refractivity contribution in [3.8, 4) is 5.75 Å². The predicted molar refractivity (Wildman–Crippen MR) is 97.2 cm³/mol. The number of para-hydroxylation sites is 1. The number of hydrogen-bond acceptors (Lipinski definition) is 3. The van der Waals surface area contributed by atoms with Gasteiger partial charge in [-0.1, -0.05) is 12.1 Å². The molecule has 0 saturated carbocycles. The van der Waals surface area contributed by atoms with Crippen molar-refractivity contribution in [3.05, 3.63) is 28.7 Å². The summed E-state index contributed by atoms with van der Waals surface area (Å²) in [7, 11) is 0. The molecule has 1 aromatic carbocycles. The molecule has 4 nitrogen and oxygen atoms in total. The molecule has 1 aromatic rings. The molecule has 2 heterocycles. The van der Waals surface area contributed by atoms with Gasteiger partial charge in [0.1, 0.15) is 5.75 Å². The lowest BCUT2D eigenvalue weighted by Crippen LogP contribution is -2.48. The van der Waals surface area contributed by atoms with E-state index >= 15 is 0 Å². The van der Waals surface area contributed by atoms with Crippen LogP contribution in [0.15, 0.2) is 28.7 Å². The SMILES string of the molecule is CC(Oc1ccccc1Br)C(=O)N1CCC2(CCNC2)CC1.Cl. The number of nitrogens with one attached hydrogen (secondary N) is 1. The van der Waals surface area contributed by atoms with E-state index in [4.69, 9.17) is 4.74 Å². The van der Waals surface area contributed by atoms with Crippen molar-refractivity contribution < 1.29 is 9.53 Å². The van der Waals surface area contributed by atoms with E-state index in [0.29, 0.717) is 5.41 Å². The second-order valence-electron chi connectivity index (χ2n) is 6.44. The first kappa shape index (κ1) is 18.6. The summed E-state index contributed by atoms with van der Waals surface area (Å²) in [5, 5.41) is 3.46. The van der Waals surface area contributed by atoms with Gasteiger partial charge in [-0.25, -0.2) is 0 Å². The first-order chi connectivity index (χ1) is 10.6. The van der Waals surface area contributed by atoms with Gasteiger partial charge >= 0.3 is 0 Å². The lowest BCUT2D eigenvalue weighted by Gasteiger charge is -2.39. The van der Waals surface area contributed by atoms with Gasteiger partial charge in [-0.2, -0.15) is 0 Å². The molecular weight excluding hydrogens is 380 g/mol. The van der Waals surface area contributed by atoms with Crippen LogP contribution < -0.4 is 10.1 Å². The summed E-state index contributed by atoms with van der Waals surface area (Å²) in [6, 6.07) is 7.64. The number of rotatable bonds is 3. The maximum Gasteiger partial charge on any atom is 0.263 e. The van der Waals surface area contributed by atoms with Crippen molar-refractivity contribution in [2.75, 3.05) is 26.2 Å². The molecule has 1 spiro atoms. The molecule has 1 unspecified atom stereocenters. The van der Waals surface area contributed by atoms with Crippen LogP contribution in [0.5, 0.6) is 5.75 Å². The molecule has 0 aliphatic carbocycles. The quantitative estimate of drug-likeness (QED) is 0.842. The van der Waals surface area contributed by atoms with E-state index in [-0.39, 0.29) is 18.3 Å². The van der Waals surface area contributed by atoms with E-state index in [1.165, 1.54) is 6.42 Å². The number of ether oxygens (including phenoxy) is 1. The van der Waals surface area contributed by atoms with E-state index in [0.717, 1.165) is 49.2 Å². The van der Waals surface area contributed by atoms with Crippen LogP contribution in [0.2, 0.25) is 0 Å². The van der Waals surface area contributed by atoms with Gasteiger partial charge in [-0.05, 0) is 66.2 Å². The van der Waals surface area contributed by atoms with Gasteiger partial charge in [0.2, 0.25) is 0 Å². The van der Waals surface area contributed by atoms with Crippen molar-refractivity contribution in [1.29, 1.82) is 0 Å². The minimum Gasteiger partial charge on any atom is -0.480 e. The lowest BCUT2D eigenvalue weighted by molar-refractivity contribution is -0.140. The number of piperidine rings is 1. The van der Waals surface area contributed by atoms with Gasteiger partial charge in [0, 0.05) is 19.6 Å². The third kappa shape index (κ3) is 4.20. The number of carbonyl (C=O) groups is 1. The number of likely N-dealkylation sites (tertiary alicyclic amines) is 1. The Balaban J connectivity index is 0.00000192. The van der Waals surface area contributed by atoms with Crippen LogP contribution in [0, 0.1) is 5.41 Å². The number of nitrogens with zero attached hydrogens (tertiary/aromatic N) is 1. The normalized spacial score (nSPS) is 20.9. The minimum atomic E-state index is -0.450. The summed E-state index contributed by atoms with van der Waals surface area (Å²) < 4.78 is 6.71. The minimum absolute atomic E-state index is 0. The first-order valence-electron chi connectivity index (χ1n) is 8.00. The predicted octanol–water partition coefficient (Wildman–Crippen LogP) is 3.24. The topological polar surface area (TPSA) is 41.6 Å². The fraction of sp³-hybridized carbons (Fsp3) is 0.588. The first-order valence-corrected chi connectivity index (χ1v) is 8.80. The highest BCUT2D eigenvalue weighted by molar-refractivity contribution is 9.10. The zero-order chi connectivity index (χ0) is 15.6. The Labute approximate surface area is 152 Å². The highest BCUT2D eigenvalue weighted by Gasteiger charge is 2.38. The van der Waals surface area contributed by atoms with E-state index in [1.54, 1.807) is 0 Å². The smallest absolute Gasteiger partial charge is 0.263 e. The van der Waals surface area contributed by atoms with Crippen molar-refractivity contribution >= 4 is 34.2 Å². The fourth-order valence-electron chi connectivity index (χ4n) is 3.46. The van der Waals surface area contributed by atoms with Crippen molar-refractivity contribution in [2.45, 2.75) is 32.3 Å². The van der Waals surface area contributed by atoms with Crippen LogP contribution in [-0.2, 0) is 4.79 Å². The zero-order valence-electron chi connectivity index (χ0n) is 13.4. The summed E-state index contributed by atoms with van der Waals surface area (Å²) in [6.07, 6.45) is 3.01. The maximum absolute atomic E-state index is 12.6. The highest BCUT2D eigenvalue weighted by Crippen LogP contribution is 2.37. The highest BCUT2D eigenvalue weighted by atomic mass is 79.9. The fourth-order valence-corrected chi connectivity index (χ4v) is 3.84. The van der Waals surface area contributed by atoms with Gasteiger partial charge in [0.05, 0.1) is 4.47 Å². The van der Waals surface area contributed by atoms with Crippen LogP contribution in [0.1, 0.15) is 26.2 Å². The van der Waals surface area contributed by atoms with Crippen molar-refractivity contribution in [2.24, 2.45) is 5.41 Å². The summed E-state index contributed by atoms with van der Waals surface area (Å²) in [5.41, 5.74) is 0.434. The molecule has 3 rings (SSSR count). The molecule has 0 aromatic heterocycles. The van der Waals surface area contributed by atoms with E-state index in [1.807, 2.05) is 36.1 Å². The Morgan fingerprint density at radius 3 is 2.61 bits per heavy atom. The molecule has 0 radical (unpaired) electrons. The average Bonchev–Trinajstić information content (AvgIpc) is 2.98. The van der Waals surface area contributed by atoms with Crippen molar-refractivity contribution in [3.63, 3.8) is 0 Å². The molecule has 2 aliphatic heterocycles. The largest absolute Gasteiger partial charge is 0.480 e. The summed E-state index contributed by atoms with van der Waals surface area (Å²) in [6.45, 7) is 5.77. The monoisotopic (exact) mass is 402 g/mol. The van der Waals surface area contributed by atoms with Gasteiger partial charge in [0.25, 0.3) is 5.91 Å². The molecule has 2 aliphatic rings. The van der Waals surface area contributed by atoms with E-state index < -0.39 is 6.10 Å². The molecule has 0 bridgehead atoms. The number of amides is 1. The van der Waals surface area contributed by atoms with E-state index in [2.05, 4.69) is 21.2 Å². The van der Waals surface area contributed by atoms with E-state index in [9.17, 15) is 4.79 Å². The zero-order valence-corrected chi connectivity index (χ0v) is 15.8. The van der Waals surface area contributed by atoms with Crippen LogP contribution in [0.3, 0.4) is 0 Å². The Morgan fingerprint density at radius 1 is 1.30 bits per heavy atom. The number of benzene rings is 1. The summed E-state index contributed by atoms with van der Waals surface area (Å²) in [5.74, 6) is 0.813. The molecule has 6 heteroatoms. The standard InChI is InChI=1S/C17H23BrN2O2.ClH/c1-13(22-15-5-3-2-4-14(15)18)16(21)20-10-7-17(8-11-20)6-9-19-12-17;/h2-5,13,19H,6-12H2,1H3;1H. The maximum atomic E-state index is 12.6. The second-order valence-corrected chi connectivity index (χ2v) is 7.30. The Hall–Kier alpha value is -0.780. The molecule has 1 amide bonds. The Kier molecular flexibility index (Phi) is 6.34.